The molecule has 2 aromatic rings. The fraction of sp³-hybridized carbons (Fsp3) is 0.389. The van der Waals surface area contributed by atoms with Gasteiger partial charge in [0.25, 0.3) is 0 Å². The maximum Gasteiger partial charge on any atom is 0.409 e. The molecule has 132 valence electrons. The van der Waals surface area contributed by atoms with E-state index in [1.165, 1.54) is 7.11 Å². The molecule has 3 rings (SSSR count). The van der Waals surface area contributed by atoms with E-state index in [2.05, 4.69) is 10.3 Å². The van der Waals surface area contributed by atoms with E-state index in [-0.39, 0.29) is 24.5 Å². The van der Waals surface area contributed by atoms with Gasteiger partial charge < -0.3 is 15.0 Å². The first-order valence-electron chi connectivity index (χ1n) is 8.28. The minimum Gasteiger partial charge on any atom is -0.453 e. The number of nitrogens with zero attached hydrogens (tertiary/aromatic N) is 2. The molecule has 0 saturated carbocycles. The monoisotopic (exact) mass is 359 g/mol. The van der Waals surface area contributed by atoms with Gasteiger partial charge in [0.1, 0.15) is 5.01 Å². The highest BCUT2D eigenvalue weighted by Gasteiger charge is 2.24. The number of aromatic nitrogens is 1. The molecule has 0 unspecified atom stereocenters. The molecule has 2 heterocycles. The summed E-state index contributed by atoms with van der Waals surface area (Å²) in [6.07, 6.45) is 1.46. The topological polar surface area (TPSA) is 71.5 Å². The summed E-state index contributed by atoms with van der Waals surface area (Å²) in [4.78, 5) is 29.9. The van der Waals surface area contributed by atoms with E-state index in [4.69, 9.17) is 4.74 Å². The van der Waals surface area contributed by atoms with E-state index in [1.54, 1.807) is 16.2 Å². The second kappa shape index (κ2) is 8.11. The van der Waals surface area contributed by atoms with Crippen LogP contribution < -0.4 is 5.32 Å². The number of ether oxygens (including phenoxy) is 1. The lowest BCUT2D eigenvalue weighted by Crippen LogP contribution is -2.46. The zero-order chi connectivity index (χ0) is 17.6. The first-order chi connectivity index (χ1) is 12.2. The third-order valence-corrected chi connectivity index (χ3v) is 5.15. The number of carbonyl (C=O) groups excluding carboxylic acids is 2. The number of amides is 2. The van der Waals surface area contributed by atoms with Crippen LogP contribution >= 0.6 is 11.3 Å². The number of nitrogens with one attached hydrogen (secondary N) is 1. The Bertz CT molecular complexity index is 724. The van der Waals surface area contributed by atoms with Crippen molar-refractivity contribution in [3.05, 3.63) is 41.4 Å². The Labute approximate surface area is 150 Å². The Kier molecular flexibility index (Phi) is 5.65. The molecular formula is C18H21N3O3S. The molecule has 7 heteroatoms. The molecule has 0 aliphatic carbocycles. The fourth-order valence-electron chi connectivity index (χ4n) is 2.88. The Morgan fingerprint density at radius 3 is 2.68 bits per heavy atom. The predicted octanol–water partition coefficient (Wildman–Crippen LogP) is 2.70. The fourth-order valence-corrected chi connectivity index (χ4v) is 3.71. The van der Waals surface area contributed by atoms with E-state index in [0.29, 0.717) is 13.1 Å². The van der Waals surface area contributed by atoms with Crippen LogP contribution in [0.3, 0.4) is 0 Å². The Morgan fingerprint density at radius 1 is 1.28 bits per heavy atom. The summed E-state index contributed by atoms with van der Waals surface area (Å²) >= 11 is 1.55. The summed E-state index contributed by atoms with van der Waals surface area (Å²) in [6.45, 7) is 1.21. The molecule has 1 saturated heterocycles. The number of methoxy groups -OCH3 is 1. The normalized spacial score (nSPS) is 15.0. The van der Waals surface area contributed by atoms with Gasteiger partial charge in [-0.05, 0) is 12.8 Å². The van der Waals surface area contributed by atoms with Gasteiger partial charge in [-0.3, -0.25) is 4.79 Å². The molecule has 1 aliphatic heterocycles. The molecule has 0 spiro atoms. The van der Waals surface area contributed by atoms with Crippen LogP contribution in [-0.4, -0.2) is 48.1 Å². The Hall–Kier alpha value is -2.41. The van der Waals surface area contributed by atoms with Gasteiger partial charge in [0.2, 0.25) is 5.91 Å². The molecule has 25 heavy (non-hydrogen) atoms. The van der Waals surface area contributed by atoms with Crippen LogP contribution in [-0.2, 0) is 16.0 Å². The van der Waals surface area contributed by atoms with Gasteiger partial charge in [-0.15, -0.1) is 11.3 Å². The average molecular weight is 359 g/mol. The zero-order valence-electron chi connectivity index (χ0n) is 14.1. The molecule has 1 aliphatic rings. The van der Waals surface area contributed by atoms with Crippen LogP contribution in [0.5, 0.6) is 0 Å². The third-order valence-electron chi connectivity index (χ3n) is 4.21. The van der Waals surface area contributed by atoms with Crippen molar-refractivity contribution in [1.29, 1.82) is 0 Å². The van der Waals surface area contributed by atoms with Crippen LogP contribution in [0.2, 0.25) is 0 Å². The molecule has 2 amide bonds. The molecule has 0 radical (unpaired) electrons. The lowest BCUT2D eigenvalue weighted by molar-refractivity contribution is -0.121. The highest BCUT2D eigenvalue weighted by atomic mass is 32.1. The first kappa shape index (κ1) is 17.4. The van der Waals surface area contributed by atoms with E-state index < -0.39 is 0 Å². The molecule has 1 fully saturated rings. The molecule has 1 aromatic carbocycles. The van der Waals surface area contributed by atoms with Crippen LogP contribution in [0.15, 0.2) is 35.7 Å². The molecule has 0 bridgehead atoms. The summed E-state index contributed by atoms with van der Waals surface area (Å²) in [5, 5.41) is 5.90. The number of rotatable bonds is 4. The van der Waals surface area contributed by atoms with E-state index in [1.807, 2.05) is 35.7 Å². The summed E-state index contributed by atoms with van der Waals surface area (Å²) < 4.78 is 4.72. The van der Waals surface area contributed by atoms with Crippen LogP contribution in [0, 0.1) is 0 Å². The molecule has 1 N–H and O–H groups in total. The lowest BCUT2D eigenvalue weighted by Gasteiger charge is -2.31. The zero-order valence-corrected chi connectivity index (χ0v) is 14.9. The van der Waals surface area contributed by atoms with Crippen molar-refractivity contribution in [3.63, 3.8) is 0 Å². The highest BCUT2D eigenvalue weighted by Crippen LogP contribution is 2.23. The molecule has 0 atom stereocenters. The van der Waals surface area contributed by atoms with Crippen LogP contribution in [0.25, 0.3) is 10.6 Å². The lowest BCUT2D eigenvalue weighted by atomic mass is 10.1. The number of thiazole rings is 1. The minimum atomic E-state index is -0.305. The smallest absolute Gasteiger partial charge is 0.409 e. The Morgan fingerprint density at radius 2 is 2.00 bits per heavy atom. The van der Waals surface area contributed by atoms with E-state index >= 15 is 0 Å². The van der Waals surface area contributed by atoms with Gasteiger partial charge in [0.05, 0.1) is 19.2 Å². The summed E-state index contributed by atoms with van der Waals surface area (Å²) in [7, 11) is 1.38. The van der Waals surface area contributed by atoms with E-state index in [9.17, 15) is 9.59 Å². The van der Waals surface area contributed by atoms with Crippen LogP contribution in [0.1, 0.15) is 18.5 Å². The molecule has 6 nitrogen and oxygen atoms in total. The number of likely N-dealkylation sites (tertiary alicyclic amines) is 1. The number of hydrogen-bond acceptors (Lipinski definition) is 5. The van der Waals surface area contributed by atoms with Gasteiger partial charge in [-0.2, -0.15) is 0 Å². The maximum atomic E-state index is 12.2. The van der Waals surface area contributed by atoms with Gasteiger partial charge in [0, 0.05) is 30.1 Å². The first-order valence-corrected chi connectivity index (χ1v) is 9.16. The van der Waals surface area contributed by atoms with Crippen molar-refractivity contribution in [1.82, 2.24) is 15.2 Å². The van der Waals surface area contributed by atoms with Crippen molar-refractivity contribution in [2.24, 2.45) is 0 Å². The third kappa shape index (κ3) is 4.57. The predicted molar refractivity (Wildman–Crippen MR) is 96.4 cm³/mol. The van der Waals surface area contributed by atoms with Gasteiger partial charge >= 0.3 is 6.09 Å². The van der Waals surface area contributed by atoms with Crippen molar-refractivity contribution in [2.45, 2.75) is 25.3 Å². The largest absolute Gasteiger partial charge is 0.453 e. The second-order valence-electron chi connectivity index (χ2n) is 5.99. The number of piperidine rings is 1. The van der Waals surface area contributed by atoms with Crippen molar-refractivity contribution < 1.29 is 14.3 Å². The van der Waals surface area contributed by atoms with Gasteiger partial charge in [-0.25, -0.2) is 9.78 Å². The SMILES string of the molecule is COC(=O)N1CCC(NC(=O)Cc2csc(-c3ccccc3)n2)CC1. The summed E-state index contributed by atoms with van der Waals surface area (Å²) in [5.74, 6) is -0.0265. The standard InChI is InChI=1S/C18H21N3O3S/c1-24-18(23)21-9-7-14(8-10-21)19-16(22)11-15-12-25-17(20-15)13-5-3-2-4-6-13/h2-6,12,14H,7-11H2,1H3,(H,19,22). The second-order valence-corrected chi connectivity index (χ2v) is 6.84. The maximum absolute atomic E-state index is 12.2. The van der Waals surface area contributed by atoms with Gasteiger partial charge in [0.15, 0.2) is 0 Å². The van der Waals surface area contributed by atoms with Crippen molar-refractivity contribution >= 4 is 23.3 Å². The van der Waals surface area contributed by atoms with Crippen molar-refractivity contribution in [3.8, 4) is 10.6 Å². The number of hydrogen-bond donors (Lipinski definition) is 1. The molecular weight excluding hydrogens is 338 g/mol. The number of benzene rings is 1. The average Bonchev–Trinajstić information content (AvgIpc) is 3.10. The van der Waals surface area contributed by atoms with Gasteiger partial charge in [-0.1, -0.05) is 30.3 Å². The minimum absolute atomic E-state index is 0.0265. The highest BCUT2D eigenvalue weighted by molar-refractivity contribution is 7.13. The quantitative estimate of drug-likeness (QED) is 0.911. The number of carbonyl (C=O) groups is 2. The summed E-state index contributed by atoms with van der Waals surface area (Å²) in [5.41, 5.74) is 1.85. The Balaban J connectivity index is 1.49. The van der Waals surface area contributed by atoms with E-state index in [0.717, 1.165) is 29.1 Å². The summed E-state index contributed by atoms with van der Waals surface area (Å²) in [6, 6.07) is 10.0. The van der Waals surface area contributed by atoms with Crippen LogP contribution in [0.4, 0.5) is 4.79 Å². The van der Waals surface area contributed by atoms with Crippen molar-refractivity contribution in [2.75, 3.05) is 20.2 Å². The molecule has 1 aromatic heterocycles.